The molecule has 0 spiro atoms. The van der Waals surface area contributed by atoms with Crippen LogP contribution in [0.15, 0.2) is 48.5 Å². The standard InChI is InChI=1S/C15H15BO2/c1-12-4-2-5-13(10-12)8-9-14-6-3-7-15(11-14)16(17)18/h2-11,17-18H,1H3/b9-8+. The third-order valence-corrected chi connectivity index (χ3v) is 2.72. The van der Waals surface area contributed by atoms with E-state index in [-0.39, 0.29) is 0 Å². The molecule has 2 aromatic rings. The molecule has 0 amide bonds. The maximum atomic E-state index is 9.10. The highest BCUT2D eigenvalue weighted by Crippen LogP contribution is 2.09. The van der Waals surface area contributed by atoms with Gasteiger partial charge in [-0.15, -0.1) is 0 Å². The van der Waals surface area contributed by atoms with Crippen LogP contribution in [0.3, 0.4) is 0 Å². The second-order valence-corrected chi connectivity index (χ2v) is 4.29. The quantitative estimate of drug-likeness (QED) is 0.632. The van der Waals surface area contributed by atoms with Gasteiger partial charge in [-0.3, -0.25) is 0 Å². The number of hydrogen-bond acceptors (Lipinski definition) is 2. The van der Waals surface area contributed by atoms with Gasteiger partial charge in [0.25, 0.3) is 0 Å². The largest absolute Gasteiger partial charge is 0.488 e. The van der Waals surface area contributed by atoms with Gasteiger partial charge in [0.1, 0.15) is 0 Å². The fourth-order valence-electron chi connectivity index (χ4n) is 1.79. The van der Waals surface area contributed by atoms with Gasteiger partial charge in [0.05, 0.1) is 0 Å². The fourth-order valence-corrected chi connectivity index (χ4v) is 1.79. The van der Waals surface area contributed by atoms with Crippen molar-refractivity contribution in [1.29, 1.82) is 0 Å². The SMILES string of the molecule is Cc1cccc(/C=C/c2cccc(B(O)O)c2)c1. The van der Waals surface area contributed by atoms with Crippen molar-refractivity contribution >= 4 is 24.7 Å². The van der Waals surface area contributed by atoms with Crippen molar-refractivity contribution in [2.75, 3.05) is 0 Å². The third-order valence-electron chi connectivity index (χ3n) is 2.72. The lowest BCUT2D eigenvalue weighted by Crippen LogP contribution is -2.29. The van der Waals surface area contributed by atoms with Gasteiger partial charge in [-0.1, -0.05) is 66.2 Å². The van der Waals surface area contributed by atoms with Gasteiger partial charge in [-0.2, -0.15) is 0 Å². The molecule has 0 aromatic heterocycles. The Morgan fingerprint density at radius 3 is 2.11 bits per heavy atom. The molecule has 0 aliphatic carbocycles. The average molecular weight is 238 g/mol. The summed E-state index contributed by atoms with van der Waals surface area (Å²) in [6.45, 7) is 2.06. The first-order chi connectivity index (χ1) is 8.65. The van der Waals surface area contributed by atoms with Crippen molar-refractivity contribution in [2.45, 2.75) is 6.92 Å². The highest BCUT2D eigenvalue weighted by atomic mass is 16.4. The van der Waals surface area contributed by atoms with Crippen molar-refractivity contribution < 1.29 is 10.0 Å². The number of hydrogen-bond donors (Lipinski definition) is 2. The van der Waals surface area contributed by atoms with Crippen molar-refractivity contribution in [1.82, 2.24) is 0 Å². The van der Waals surface area contributed by atoms with E-state index in [9.17, 15) is 0 Å². The molecular weight excluding hydrogens is 223 g/mol. The minimum absolute atomic E-state index is 0.501. The first kappa shape index (κ1) is 12.6. The normalized spacial score (nSPS) is 10.8. The highest BCUT2D eigenvalue weighted by Gasteiger charge is 2.09. The van der Waals surface area contributed by atoms with Crippen LogP contribution in [-0.2, 0) is 0 Å². The van der Waals surface area contributed by atoms with Crippen molar-refractivity contribution in [3.8, 4) is 0 Å². The van der Waals surface area contributed by atoms with Crippen LogP contribution in [0.5, 0.6) is 0 Å². The van der Waals surface area contributed by atoms with Crippen LogP contribution >= 0.6 is 0 Å². The monoisotopic (exact) mass is 238 g/mol. The molecule has 2 nitrogen and oxygen atoms in total. The van der Waals surface area contributed by atoms with Crippen molar-refractivity contribution in [2.24, 2.45) is 0 Å². The van der Waals surface area contributed by atoms with Crippen LogP contribution in [0.25, 0.3) is 12.2 Å². The molecule has 18 heavy (non-hydrogen) atoms. The molecule has 90 valence electrons. The first-order valence-electron chi connectivity index (χ1n) is 5.86. The Bertz CT molecular complexity index is 562. The zero-order valence-electron chi connectivity index (χ0n) is 10.2. The predicted molar refractivity (Wildman–Crippen MR) is 76.4 cm³/mol. The lowest BCUT2D eigenvalue weighted by Gasteiger charge is -2.00. The highest BCUT2D eigenvalue weighted by molar-refractivity contribution is 6.58. The summed E-state index contributed by atoms with van der Waals surface area (Å²) < 4.78 is 0. The van der Waals surface area contributed by atoms with E-state index < -0.39 is 7.12 Å². The van der Waals surface area contributed by atoms with Gasteiger partial charge in [-0.25, -0.2) is 0 Å². The maximum absolute atomic E-state index is 9.10. The van der Waals surface area contributed by atoms with E-state index in [1.165, 1.54) is 5.56 Å². The number of rotatable bonds is 3. The summed E-state index contributed by atoms with van der Waals surface area (Å²) >= 11 is 0. The topological polar surface area (TPSA) is 40.5 Å². The molecule has 0 saturated carbocycles. The fraction of sp³-hybridized carbons (Fsp3) is 0.0667. The third kappa shape index (κ3) is 3.33. The molecule has 0 heterocycles. The van der Waals surface area contributed by atoms with Gasteiger partial charge < -0.3 is 10.0 Å². The molecule has 0 fully saturated rings. The minimum Gasteiger partial charge on any atom is -0.423 e. The van der Waals surface area contributed by atoms with Gasteiger partial charge in [-0.05, 0) is 23.5 Å². The Morgan fingerprint density at radius 1 is 0.889 bits per heavy atom. The summed E-state index contributed by atoms with van der Waals surface area (Å²) in [6, 6.07) is 15.4. The van der Waals surface area contributed by atoms with Crippen molar-refractivity contribution in [3.05, 3.63) is 65.2 Å². The Hall–Kier alpha value is -1.84. The molecule has 0 unspecified atom stereocenters. The van der Waals surface area contributed by atoms with E-state index >= 15 is 0 Å². The van der Waals surface area contributed by atoms with Crippen LogP contribution < -0.4 is 5.46 Å². The molecule has 2 rings (SSSR count). The number of benzene rings is 2. The zero-order chi connectivity index (χ0) is 13.0. The molecule has 0 aliphatic heterocycles. The minimum atomic E-state index is -1.42. The van der Waals surface area contributed by atoms with Crippen molar-refractivity contribution in [3.63, 3.8) is 0 Å². The molecular formula is C15H15BO2. The lowest BCUT2D eigenvalue weighted by atomic mass is 9.79. The van der Waals surface area contributed by atoms with Gasteiger partial charge in [0.15, 0.2) is 0 Å². The Labute approximate surface area is 107 Å². The molecule has 0 aliphatic rings. The summed E-state index contributed by atoms with van der Waals surface area (Å²) in [4.78, 5) is 0. The lowest BCUT2D eigenvalue weighted by molar-refractivity contribution is 0.426. The molecule has 2 aromatic carbocycles. The van der Waals surface area contributed by atoms with Gasteiger partial charge in [0.2, 0.25) is 0 Å². The van der Waals surface area contributed by atoms with E-state index in [4.69, 9.17) is 10.0 Å². The molecule has 0 bridgehead atoms. The number of aryl methyl sites for hydroxylation is 1. The second-order valence-electron chi connectivity index (χ2n) is 4.29. The smallest absolute Gasteiger partial charge is 0.423 e. The van der Waals surface area contributed by atoms with E-state index in [1.807, 2.05) is 36.4 Å². The summed E-state index contributed by atoms with van der Waals surface area (Å²) in [7, 11) is -1.42. The van der Waals surface area contributed by atoms with E-state index in [1.54, 1.807) is 12.1 Å². The molecule has 0 atom stereocenters. The van der Waals surface area contributed by atoms with Crippen LogP contribution in [0.4, 0.5) is 0 Å². The van der Waals surface area contributed by atoms with E-state index in [0.29, 0.717) is 5.46 Å². The first-order valence-corrected chi connectivity index (χ1v) is 5.86. The average Bonchev–Trinajstić information content (AvgIpc) is 2.37. The Kier molecular flexibility index (Phi) is 3.97. The summed E-state index contributed by atoms with van der Waals surface area (Å²) in [6.07, 6.45) is 3.97. The van der Waals surface area contributed by atoms with Crippen LogP contribution in [0.1, 0.15) is 16.7 Å². The van der Waals surface area contributed by atoms with Crippen LogP contribution in [0, 0.1) is 6.92 Å². The molecule has 0 saturated heterocycles. The van der Waals surface area contributed by atoms with E-state index in [0.717, 1.165) is 11.1 Å². The second kappa shape index (κ2) is 5.67. The Morgan fingerprint density at radius 2 is 1.50 bits per heavy atom. The van der Waals surface area contributed by atoms with E-state index in [2.05, 4.69) is 19.1 Å². The summed E-state index contributed by atoms with van der Waals surface area (Å²) in [5, 5.41) is 18.2. The summed E-state index contributed by atoms with van der Waals surface area (Å²) in [5.74, 6) is 0. The van der Waals surface area contributed by atoms with Crippen LogP contribution in [0.2, 0.25) is 0 Å². The maximum Gasteiger partial charge on any atom is 0.488 e. The Balaban J connectivity index is 2.21. The predicted octanol–water partition coefficient (Wildman–Crippen LogP) is 1.85. The van der Waals surface area contributed by atoms with Crippen LogP contribution in [-0.4, -0.2) is 17.2 Å². The molecule has 0 radical (unpaired) electrons. The van der Waals surface area contributed by atoms with Gasteiger partial charge in [0, 0.05) is 0 Å². The summed E-state index contributed by atoms with van der Waals surface area (Å²) in [5.41, 5.74) is 3.80. The van der Waals surface area contributed by atoms with Gasteiger partial charge >= 0.3 is 7.12 Å². The molecule has 2 N–H and O–H groups in total. The zero-order valence-corrected chi connectivity index (χ0v) is 10.2. The molecule has 3 heteroatoms.